The van der Waals surface area contributed by atoms with Gasteiger partial charge in [0.25, 0.3) is 5.56 Å². The van der Waals surface area contributed by atoms with E-state index in [1.165, 1.54) is 0 Å². The van der Waals surface area contributed by atoms with Gasteiger partial charge < -0.3 is 19.2 Å². The molecule has 180 valence electrons. The molecule has 2 aliphatic heterocycles. The second kappa shape index (κ2) is 9.03. The van der Waals surface area contributed by atoms with E-state index in [9.17, 15) is 4.79 Å². The predicted octanol–water partition coefficient (Wildman–Crippen LogP) is 2.53. The van der Waals surface area contributed by atoms with Crippen LogP contribution in [-0.4, -0.2) is 63.5 Å². The molecule has 0 amide bonds. The highest BCUT2D eigenvalue weighted by atomic mass is 16.6. The maximum atomic E-state index is 13.4. The van der Waals surface area contributed by atoms with Crippen LogP contribution in [0, 0.1) is 0 Å². The Morgan fingerprint density at radius 1 is 1.06 bits per heavy atom. The van der Waals surface area contributed by atoms with Crippen LogP contribution in [0.15, 0.2) is 47.3 Å². The van der Waals surface area contributed by atoms with Gasteiger partial charge in [0.15, 0.2) is 17.3 Å². The standard InChI is InChI=1S/C25H26N6O4/c1-33-18-6-4-16(5-7-18)15-31-24(27-28-29-31)23(30-8-2-3-9-30)19-12-17-13-21-22(35-11-10-34-21)14-20(17)26-25(19)32/h4-7,12-14,23H,2-3,8-11,15H2,1H3,(H,26,32)/t23-/m1/s1. The quantitative estimate of drug-likeness (QED) is 0.454. The van der Waals surface area contributed by atoms with Crippen molar-refractivity contribution in [2.24, 2.45) is 0 Å². The lowest BCUT2D eigenvalue weighted by Gasteiger charge is -2.26. The number of fused-ring (bicyclic) bond motifs is 2. The molecule has 1 N–H and O–H groups in total. The van der Waals surface area contributed by atoms with Gasteiger partial charge in [0.1, 0.15) is 25.0 Å². The predicted molar refractivity (Wildman–Crippen MR) is 128 cm³/mol. The molecule has 0 radical (unpaired) electrons. The number of tetrazole rings is 1. The summed E-state index contributed by atoms with van der Waals surface area (Å²) in [6.45, 7) is 3.23. The number of benzene rings is 2. The van der Waals surface area contributed by atoms with E-state index < -0.39 is 0 Å². The van der Waals surface area contributed by atoms with Crippen molar-refractivity contribution in [1.29, 1.82) is 0 Å². The SMILES string of the molecule is COc1ccc(Cn2nnnc2[C@@H](c2cc3cc4c(cc3[nH]c2=O)OCCO4)N2CCCC2)cc1. The van der Waals surface area contributed by atoms with Crippen molar-refractivity contribution in [2.75, 3.05) is 33.4 Å². The van der Waals surface area contributed by atoms with Crippen molar-refractivity contribution in [3.8, 4) is 17.2 Å². The third kappa shape index (κ3) is 4.10. The molecule has 1 saturated heterocycles. The Labute approximate surface area is 201 Å². The third-order valence-corrected chi connectivity index (χ3v) is 6.63. The monoisotopic (exact) mass is 474 g/mol. The highest BCUT2D eigenvalue weighted by molar-refractivity contribution is 5.83. The molecular formula is C25H26N6O4. The molecule has 2 aliphatic rings. The first-order chi connectivity index (χ1) is 17.2. The van der Waals surface area contributed by atoms with Crippen molar-refractivity contribution in [3.63, 3.8) is 0 Å². The molecular weight excluding hydrogens is 448 g/mol. The zero-order valence-corrected chi connectivity index (χ0v) is 19.4. The summed E-state index contributed by atoms with van der Waals surface area (Å²) in [5.41, 5.74) is 2.20. The lowest BCUT2D eigenvalue weighted by Crippen LogP contribution is -2.33. The fourth-order valence-corrected chi connectivity index (χ4v) is 4.89. The van der Waals surface area contributed by atoms with Crippen LogP contribution in [0.1, 0.15) is 35.8 Å². The second-order valence-electron chi connectivity index (χ2n) is 8.83. The molecule has 2 aromatic carbocycles. The molecule has 1 atom stereocenters. The summed E-state index contributed by atoms with van der Waals surface area (Å²) in [5.74, 6) is 2.76. The number of rotatable bonds is 6. The number of hydrogen-bond acceptors (Lipinski definition) is 8. The number of hydrogen-bond donors (Lipinski definition) is 1. The lowest BCUT2D eigenvalue weighted by atomic mass is 10.0. The summed E-state index contributed by atoms with van der Waals surface area (Å²) in [4.78, 5) is 18.7. The van der Waals surface area contributed by atoms with Gasteiger partial charge in [0, 0.05) is 17.0 Å². The number of H-pyrrole nitrogens is 1. The number of aromatic nitrogens is 5. The maximum Gasteiger partial charge on any atom is 0.253 e. The summed E-state index contributed by atoms with van der Waals surface area (Å²) >= 11 is 0. The molecule has 10 nitrogen and oxygen atoms in total. The number of methoxy groups -OCH3 is 1. The van der Waals surface area contributed by atoms with Gasteiger partial charge in [-0.05, 0) is 66.2 Å². The van der Waals surface area contributed by atoms with Gasteiger partial charge in [0.05, 0.1) is 19.2 Å². The van der Waals surface area contributed by atoms with Gasteiger partial charge in [-0.25, -0.2) is 4.68 Å². The Morgan fingerprint density at radius 3 is 2.54 bits per heavy atom. The van der Waals surface area contributed by atoms with Gasteiger partial charge in [0.2, 0.25) is 0 Å². The average molecular weight is 475 g/mol. The van der Waals surface area contributed by atoms with Crippen LogP contribution < -0.4 is 19.8 Å². The highest BCUT2D eigenvalue weighted by Crippen LogP contribution is 2.35. The first-order valence-electron chi connectivity index (χ1n) is 11.8. The minimum atomic E-state index is -0.368. The van der Waals surface area contributed by atoms with E-state index in [0.717, 1.165) is 42.6 Å². The van der Waals surface area contributed by atoms with Crippen LogP contribution in [0.5, 0.6) is 17.2 Å². The van der Waals surface area contributed by atoms with E-state index in [1.54, 1.807) is 11.8 Å². The van der Waals surface area contributed by atoms with Gasteiger partial charge >= 0.3 is 0 Å². The summed E-state index contributed by atoms with van der Waals surface area (Å²) in [7, 11) is 1.64. The van der Waals surface area contributed by atoms with Crippen molar-refractivity contribution in [1.82, 2.24) is 30.1 Å². The van der Waals surface area contributed by atoms with Crippen LogP contribution >= 0.6 is 0 Å². The summed E-state index contributed by atoms with van der Waals surface area (Å²) in [5, 5.41) is 13.5. The normalized spacial score (nSPS) is 16.5. The Kier molecular flexibility index (Phi) is 5.57. The molecule has 10 heteroatoms. The Balaban J connectivity index is 1.42. The molecule has 35 heavy (non-hydrogen) atoms. The Morgan fingerprint density at radius 2 is 1.80 bits per heavy atom. The number of pyridine rings is 1. The van der Waals surface area contributed by atoms with E-state index in [0.29, 0.717) is 48.2 Å². The second-order valence-corrected chi connectivity index (χ2v) is 8.83. The fourth-order valence-electron chi connectivity index (χ4n) is 4.89. The van der Waals surface area contributed by atoms with Crippen LogP contribution in [0.3, 0.4) is 0 Å². The minimum absolute atomic E-state index is 0.162. The number of likely N-dealkylation sites (tertiary alicyclic amines) is 1. The highest BCUT2D eigenvalue weighted by Gasteiger charge is 2.32. The van der Waals surface area contributed by atoms with Crippen LogP contribution in [0.2, 0.25) is 0 Å². The average Bonchev–Trinajstić information content (AvgIpc) is 3.57. The molecule has 0 unspecified atom stereocenters. The fraction of sp³-hybridized carbons (Fsp3) is 0.360. The van der Waals surface area contributed by atoms with Gasteiger partial charge in [-0.1, -0.05) is 12.1 Å². The summed E-state index contributed by atoms with van der Waals surface area (Å²) < 4.78 is 18.5. The van der Waals surface area contributed by atoms with Gasteiger partial charge in [-0.15, -0.1) is 5.10 Å². The van der Waals surface area contributed by atoms with E-state index in [4.69, 9.17) is 14.2 Å². The van der Waals surface area contributed by atoms with E-state index in [1.807, 2.05) is 42.5 Å². The Hall–Kier alpha value is -3.92. The lowest BCUT2D eigenvalue weighted by molar-refractivity contribution is 0.172. The molecule has 6 rings (SSSR count). The number of nitrogens with one attached hydrogen (secondary N) is 1. The largest absolute Gasteiger partial charge is 0.497 e. The molecule has 4 heterocycles. The number of ether oxygens (including phenoxy) is 3. The van der Waals surface area contributed by atoms with Crippen molar-refractivity contribution in [3.05, 3.63) is 69.8 Å². The molecule has 2 aromatic heterocycles. The van der Waals surface area contributed by atoms with Crippen LogP contribution in [0.4, 0.5) is 0 Å². The molecule has 1 fully saturated rings. The van der Waals surface area contributed by atoms with Gasteiger partial charge in [-0.2, -0.15) is 0 Å². The third-order valence-electron chi connectivity index (χ3n) is 6.63. The van der Waals surface area contributed by atoms with Crippen LogP contribution in [0.25, 0.3) is 10.9 Å². The van der Waals surface area contributed by atoms with Crippen molar-refractivity contribution < 1.29 is 14.2 Å². The maximum absolute atomic E-state index is 13.4. The van der Waals surface area contributed by atoms with Crippen molar-refractivity contribution in [2.45, 2.75) is 25.4 Å². The molecule has 0 bridgehead atoms. The molecule has 0 spiro atoms. The Bertz CT molecular complexity index is 1410. The zero-order valence-electron chi connectivity index (χ0n) is 19.4. The van der Waals surface area contributed by atoms with E-state index >= 15 is 0 Å². The van der Waals surface area contributed by atoms with Crippen molar-refractivity contribution >= 4 is 10.9 Å². The molecule has 0 saturated carbocycles. The summed E-state index contributed by atoms with van der Waals surface area (Å²) in [6.07, 6.45) is 2.14. The minimum Gasteiger partial charge on any atom is -0.497 e. The summed E-state index contributed by atoms with van der Waals surface area (Å²) in [6, 6.07) is 13.1. The number of nitrogens with zero attached hydrogens (tertiary/aromatic N) is 5. The van der Waals surface area contributed by atoms with E-state index in [2.05, 4.69) is 25.4 Å². The first kappa shape index (κ1) is 21.6. The molecule has 0 aliphatic carbocycles. The van der Waals surface area contributed by atoms with E-state index in [-0.39, 0.29) is 11.6 Å². The first-order valence-corrected chi connectivity index (χ1v) is 11.8. The van der Waals surface area contributed by atoms with Crippen LogP contribution in [-0.2, 0) is 6.54 Å². The van der Waals surface area contributed by atoms with Gasteiger partial charge in [-0.3, -0.25) is 9.69 Å². The topological polar surface area (TPSA) is 107 Å². The molecule has 4 aromatic rings. The zero-order chi connectivity index (χ0) is 23.8. The smallest absolute Gasteiger partial charge is 0.253 e. The number of aromatic amines is 1.